The molecule has 3 N–H and O–H groups in total. The lowest BCUT2D eigenvalue weighted by Gasteiger charge is -2.13. The summed E-state index contributed by atoms with van der Waals surface area (Å²) in [5.41, 5.74) is 0.933. The molecule has 0 heterocycles. The lowest BCUT2D eigenvalue weighted by Crippen LogP contribution is -2.19. The van der Waals surface area contributed by atoms with Crippen molar-refractivity contribution in [2.24, 2.45) is 17.3 Å². The first-order valence-electron chi connectivity index (χ1n) is 7.25. The maximum atomic E-state index is 12.4. The molecule has 0 aliphatic heterocycles. The number of carbonyl (C=O) groups excluding carboxylic acids is 1. The molecule has 0 aromatic heterocycles. The Morgan fingerprint density at radius 1 is 1.23 bits per heavy atom. The monoisotopic (exact) mass is 306 g/mol. The van der Waals surface area contributed by atoms with Gasteiger partial charge in [-0.25, -0.2) is 0 Å². The smallest absolute Gasteiger partial charge is 0.307 e. The van der Waals surface area contributed by atoms with E-state index in [2.05, 4.69) is 10.6 Å². The van der Waals surface area contributed by atoms with Crippen molar-refractivity contribution in [2.75, 3.05) is 30.9 Å². The summed E-state index contributed by atoms with van der Waals surface area (Å²) in [6.07, 6.45) is 0. The van der Waals surface area contributed by atoms with Crippen LogP contribution in [-0.2, 0) is 14.3 Å². The minimum Gasteiger partial charge on any atom is -0.481 e. The lowest BCUT2D eigenvalue weighted by molar-refractivity contribution is -0.140. The van der Waals surface area contributed by atoms with Crippen LogP contribution in [0.1, 0.15) is 13.8 Å². The molecule has 1 aliphatic rings. The Kier molecular flexibility index (Phi) is 4.71. The first-order valence-corrected chi connectivity index (χ1v) is 7.25. The number of amides is 1. The van der Waals surface area contributed by atoms with Gasteiger partial charge in [-0.1, -0.05) is 26.0 Å². The fourth-order valence-corrected chi connectivity index (χ4v) is 2.83. The Morgan fingerprint density at radius 2 is 1.86 bits per heavy atom. The number of hydrogen-bond donors (Lipinski definition) is 3. The molecule has 6 heteroatoms. The topological polar surface area (TPSA) is 87.7 Å². The average Bonchev–Trinajstić information content (AvgIpc) is 3.04. The van der Waals surface area contributed by atoms with Gasteiger partial charge in [0.25, 0.3) is 0 Å². The highest BCUT2D eigenvalue weighted by Gasteiger charge is 2.65. The molecule has 2 rings (SSSR count). The molecule has 0 radical (unpaired) electrons. The maximum Gasteiger partial charge on any atom is 0.307 e. The van der Waals surface area contributed by atoms with Crippen molar-refractivity contribution in [2.45, 2.75) is 13.8 Å². The summed E-state index contributed by atoms with van der Waals surface area (Å²) in [5, 5.41) is 15.2. The van der Waals surface area contributed by atoms with Crippen molar-refractivity contribution in [3.63, 3.8) is 0 Å². The van der Waals surface area contributed by atoms with E-state index in [1.807, 2.05) is 18.2 Å². The molecule has 1 saturated carbocycles. The fraction of sp³-hybridized carbons (Fsp3) is 0.500. The van der Waals surface area contributed by atoms with E-state index in [9.17, 15) is 9.59 Å². The average molecular weight is 306 g/mol. The predicted octanol–water partition coefficient (Wildman–Crippen LogP) is 2.04. The summed E-state index contributed by atoms with van der Waals surface area (Å²) in [5.74, 6) is -2.30. The summed E-state index contributed by atoms with van der Waals surface area (Å²) in [7, 11) is 1.62. The number of rotatable bonds is 7. The zero-order valence-electron chi connectivity index (χ0n) is 13.1. The van der Waals surface area contributed by atoms with Crippen LogP contribution >= 0.6 is 0 Å². The molecule has 1 aliphatic carbocycles. The third-order valence-corrected chi connectivity index (χ3v) is 4.18. The second kappa shape index (κ2) is 6.36. The highest BCUT2D eigenvalue weighted by molar-refractivity contribution is 6.01. The fourth-order valence-electron chi connectivity index (χ4n) is 2.83. The minimum absolute atomic E-state index is 0.251. The number of aliphatic carboxylic acids is 1. The summed E-state index contributed by atoms with van der Waals surface area (Å²) < 4.78 is 4.99. The molecule has 0 spiro atoms. The minimum atomic E-state index is -0.920. The molecule has 1 amide bonds. The van der Waals surface area contributed by atoms with E-state index in [1.165, 1.54) is 0 Å². The van der Waals surface area contributed by atoms with Gasteiger partial charge in [0.15, 0.2) is 0 Å². The normalized spacial score (nSPS) is 22.0. The van der Waals surface area contributed by atoms with Crippen LogP contribution in [-0.4, -0.2) is 37.2 Å². The number of carboxylic acids is 1. The van der Waals surface area contributed by atoms with Crippen LogP contribution in [0, 0.1) is 17.3 Å². The molecule has 22 heavy (non-hydrogen) atoms. The standard InChI is InChI=1S/C16H22N2O4/c1-16(2)12(13(16)15(20)21)14(19)18-11-7-5-4-6-10(11)17-8-9-22-3/h4-7,12-13,17H,8-9H2,1-3H3,(H,18,19)(H,20,21)/t12-,13+/m0/s1. The molecule has 0 saturated heterocycles. The first kappa shape index (κ1) is 16.3. The van der Waals surface area contributed by atoms with E-state index in [-0.39, 0.29) is 5.91 Å². The summed E-state index contributed by atoms with van der Waals surface area (Å²) in [4.78, 5) is 23.5. The van der Waals surface area contributed by atoms with Gasteiger partial charge in [0.1, 0.15) is 0 Å². The Bertz CT molecular complexity index is 571. The highest BCUT2D eigenvalue weighted by Crippen LogP contribution is 2.58. The van der Waals surface area contributed by atoms with E-state index >= 15 is 0 Å². The SMILES string of the molecule is COCCNc1ccccc1NC(=O)[C@@H]1[C@H](C(=O)O)C1(C)C. The van der Waals surface area contributed by atoms with Crippen LogP contribution in [0.2, 0.25) is 0 Å². The van der Waals surface area contributed by atoms with Crippen LogP contribution in [0.15, 0.2) is 24.3 Å². The van der Waals surface area contributed by atoms with Crippen molar-refractivity contribution in [3.8, 4) is 0 Å². The third kappa shape index (κ3) is 3.22. The number of hydrogen-bond acceptors (Lipinski definition) is 4. The largest absolute Gasteiger partial charge is 0.481 e. The van der Waals surface area contributed by atoms with Crippen LogP contribution < -0.4 is 10.6 Å². The molecule has 120 valence electrons. The quantitative estimate of drug-likeness (QED) is 0.671. The van der Waals surface area contributed by atoms with E-state index in [0.29, 0.717) is 18.8 Å². The number of methoxy groups -OCH3 is 1. The zero-order chi connectivity index (χ0) is 16.3. The van der Waals surface area contributed by atoms with Gasteiger partial charge in [0.05, 0.1) is 29.8 Å². The lowest BCUT2D eigenvalue weighted by atomic mass is 10.1. The third-order valence-electron chi connectivity index (χ3n) is 4.18. The number of carboxylic acid groups (broad SMARTS) is 1. The van der Waals surface area contributed by atoms with Crippen molar-refractivity contribution in [1.82, 2.24) is 0 Å². The van der Waals surface area contributed by atoms with Gasteiger partial charge in [-0.05, 0) is 17.5 Å². The number of ether oxygens (including phenoxy) is 1. The number of anilines is 2. The van der Waals surface area contributed by atoms with Gasteiger partial charge in [-0.2, -0.15) is 0 Å². The number of carbonyl (C=O) groups is 2. The van der Waals surface area contributed by atoms with Crippen LogP contribution in [0.5, 0.6) is 0 Å². The molecule has 2 atom stereocenters. The number of benzene rings is 1. The second-order valence-electron chi connectivity index (χ2n) is 6.07. The summed E-state index contributed by atoms with van der Waals surface area (Å²) >= 11 is 0. The Balaban J connectivity index is 2.05. The van der Waals surface area contributed by atoms with Gasteiger partial charge in [0, 0.05) is 13.7 Å². The van der Waals surface area contributed by atoms with Crippen molar-refractivity contribution in [3.05, 3.63) is 24.3 Å². The van der Waals surface area contributed by atoms with Crippen molar-refractivity contribution < 1.29 is 19.4 Å². The number of para-hydroxylation sites is 2. The summed E-state index contributed by atoms with van der Waals surface area (Å²) in [6.45, 7) is 4.78. The Labute approximate surface area is 129 Å². The van der Waals surface area contributed by atoms with Crippen molar-refractivity contribution in [1.29, 1.82) is 0 Å². The van der Waals surface area contributed by atoms with Gasteiger partial charge in [-0.3, -0.25) is 9.59 Å². The van der Waals surface area contributed by atoms with E-state index in [0.717, 1.165) is 5.69 Å². The molecule has 0 bridgehead atoms. The van der Waals surface area contributed by atoms with Crippen LogP contribution in [0.25, 0.3) is 0 Å². The predicted molar refractivity (Wildman–Crippen MR) is 83.8 cm³/mol. The first-order chi connectivity index (χ1) is 10.4. The summed E-state index contributed by atoms with van der Waals surface area (Å²) in [6, 6.07) is 7.34. The second-order valence-corrected chi connectivity index (χ2v) is 6.07. The van der Waals surface area contributed by atoms with E-state index < -0.39 is 23.2 Å². The maximum absolute atomic E-state index is 12.4. The highest BCUT2D eigenvalue weighted by atomic mass is 16.5. The molecule has 1 aromatic rings. The van der Waals surface area contributed by atoms with Gasteiger partial charge in [-0.15, -0.1) is 0 Å². The molecular formula is C16H22N2O4. The Morgan fingerprint density at radius 3 is 2.41 bits per heavy atom. The molecule has 6 nitrogen and oxygen atoms in total. The zero-order valence-corrected chi connectivity index (χ0v) is 13.1. The van der Waals surface area contributed by atoms with Gasteiger partial charge < -0.3 is 20.5 Å². The van der Waals surface area contributed by atoms with E-state index in [1.54, 1.807) is 27.0 Å². The molecule has 1 fully saturated rings. The Hall–Kier alpha value is -2.08. The van der Waals surface area contributed by atoms with Crippen molar-refractivity contribution >= 4 is 23.3 Å². The van der Waals surface area contributed by atoms with E-state index in [4.69, 9.17) is 9.84 Å². The van der Waals surface area contributed by atoms with Gasteiger partial charge >= 0.3 is 5.97 Å². The molecule has 1 aromatic carbocycles. The molecular weight excluding hydrogens is 284 g/mol. The van der Waals surface area contributed by atoms with Crippen LogP contribution in [0.3, 0.4) is 0 Å². The van der Waals surface area contributed by atoms with Gasteiger partial charge in [0.2, 0.25) is 5.91 Å². The van der Waals surface area contributed by atoms with Crippen LogP contribution in [0.4, 0.5) is 11.4 Å². The molecule has 0 unspecified atom stereocenters. The number of nitrogens with one attached hydrogen (secondary N) is 2.